The number of aromatic nitrogens is 1. The summed E-state index contributed by atoms with van der Waals surface area (Å²) in [5, 5.41) is 9.06. The lowest BCUT2D eigenvalue weighted by Crippen LogP contribution is -2.20. The van der Waals surface area contributed by atoms with Gasteiger partial charge in [-0.05, 0) is 24.3 Å². The van der Waals surface area contributed by atoms with Gasteiger partial charge in [0.25, 0.3) is 5.91 Å². The zero-order valence-electron chi connectivity index (χ0n) is 12.3. The quantitative estimate of drug-likeness (QED) is 0.775. The number of carbonyl (C=O) groups is 2. The Morgan fingerprint density at radius 1 is 1.30 bits per heavy atom. The third-order valence-electron chi connectivity index (χ3n) is 3.04. The summed E-state index contributed by atoms with van der Waals surface area (Å²) in [6.45, 7) is -0.234. The minimum absolute atomic E-state index is 0.0494. The fourth-order valence-corrected chi connectivity index (χ4v) is 1.98. The van der Waals surface area contributed by atoms with E-state index in [2.05, 4.69) is 0 Å². The van der Waals surface area contributed by atoms with Crippen LogP contribution in [-0.4, -0.2) is 30.2 Å². The van der Waals surface area contributed by atoms with Crippen molar-refractivity contribution in [3.05, 3.63) is 41.7 Å². The molecule has 2 aromatic rings. The van der Waals surface area contributed by atoms with E-state index in [1.807, 2.05) is 6.07 Å². The number of rotatable bonds is 5. The minimum Gasteiger partial charge on any atom is -0.484 e. The zero-order chi connectivity index (χ0) is 17.0. The molecule has 0 saturated heterocycles. The molecule has 0 atom stereocenters. The third-order valence-corrected chi connectivity index (χ3v) is 3.04. The number of carbonyl (C=O) groups excluding carboxylic acids is 2. The van der Waals surface area contributed by atoms with Crippen molar-refractivity contribution in [2.75, 3.05) is 19.5 Å². The Hall–Kier alpha value is -3.47. The van der Waals surface area contributed by atoms with E-state index in [0.717, 1.165) is 0 Å². The lowest BCUT2D eigenvalue weighted by Gasteiger charge is -2.09. The number of nitrogens with two attached hydrogens (primary N) is 2. The van der Waals surface area contributed by atoms with E-state index in [-0.39, 0.29) is 23.6 Å². The van der Waals surface area contributed by atoms with E-state index in [1.165, 1.54) is 17.9 Å². The molecule has 0 aliphatic rings. The Kier molecular flexibility index (Phi) is 4.52. The maximum absolute atomic E-state index is 11.9. The number of hydrogen-bond donors (Lipinski definition) is 2. The first-order valence-electron chi connectivity index (χ1n) is 6.48. The number of anilines is 1. The van der Waals surface area contributed by atoms with Crippen LogP contribution in [0.5, 0.6) is 5.75 Å². The summed E-state index contributed by atoms with van der Waals surface area (Å²) in [6, 6.07) is 8.40. The lowest BCUT2D eigenvalue weighted by molar-refractivity contribution is -0.119. The molecule has 0 aliphatic carbocycles. The Balaban J connectivity index is 2.40. The third kappa shape index (κ3) is 3.24. The molecule has 1 heterocycles. The molecule has 0 bridgehead atoms. The molecular formula is C15H14N4O4. The van der Waals surface area contributed by atoms with Crippen LogP contribution in [0.4, 0.5) is 5.69 Å². The number of nitrogens with zero attached hydrogens (tertiary/aromatic N) is 2. The SMILES string of the molecule is COC(=O)c1c(N)c(C#N)cn1-c1ccc(OCC(N)=O)cc1. The van der Waals surface area contributed by atoms with Gasteiger partial charge in [0.15, 0.2) is 12.3 Å². The van der Waals surface area contributed by atoms with Crippen LogP contribution < -0.4 is 16.2 Å². The van der Waals surface area contributed by atoms with E-state index in [4.69, 9.17) is 26.2 Å². The maximum Gasteiger partial charge on any atom is 0.357 e. The summed E-state index contributed by atoms with van der Waals surface area (Å²) in [5.74, 6) is -0.801. The fraction of sp³-hybridized carbons (Fsp3) is 0.133. The van der Waals surface area contributed by atoms with Gasteiger partial charge >= 0.3 is 5.97 Å². The minimum atomic E-state index is -0.655. The topological polar surface area (TPSA) is 133 Å². The first-order chi connectivity index (χ1) is 11.0. The summed E-state index contributed by atoms with van der Waals surface area (Å²) in [7, 11) is 1.23. The van der Waals surface area contributed by atoms with Crippen LogP contribution in [0.25, 0.3) is 5.69 Å². The average molecular weight is 314 g/mol. The van der Waals surface area contributed by atoms with Gasteiger partial charge in [0.1, 0.15) is 11.8 Å². The number of amides is 1. The molecule has 1 aromatic carbocycles. The molecule has 0 radical (unpaired) electrons. The van der Waals surface area contributed by atoms with Crippen LogP contribution >= 0.6 is 0 Å². The first kappa shape index (κ1) is 15.9. The monoisotopic (exact) mass is 314 g/mol. The van der Waals surface area contributed by atoms with Crippen molar-refractivity contribution in [3.63, 3.8) is 0 Å². The van der Waals surface area contributed by atoms with Gasteiger partial charge in [-0.25, -0.2) is 4.79 Å². The summed E-state index contributed by atoms with van der Waals surface area (Å²) < 4.78 is 11.3. The molecule has 0 unspecified atom stereocenters. The second-order valence-electron chi connectivity index (χ2n) is 4.53. The molecule has 8 nitrogen and oxygen atoms in total. The standard InChI is InChI=1S/C15H14N4O4/c1-22-15(21)14-13(18)9(6-16)7-19(14)10-2-4-11(5-3-10)23-8-12(17)20/h2-5,7H,8,18H2,1H3,(H2,17,20). The Labute approximate surface area is 131 Å². The van der Waals surface area contributed by atoms with Gasteiger partial charge in [-0.1, -0.05) is 0 Å². The summed E-state index contributed by atoms with van der Waals surface area (Å²) >= 11 is 0. The molecule has 8 heteroatoms. The highest BCUT2D eigenvalue weighted by Crippen LogP contribution is 2.25. The zero-order valence-corrected chi connectivity index (χ0v) is 12.3. The van der Waals surface area contributed by atoms with Crippen LogP contribution in [0, 0.1) is 11.3 Å². The number of nitrogen functional groups attached to an aromatic ring is 1. The van der Waals surface area contributed by atoms with Gasteiger partial charge in [-0.15, -0.1) is 0 Å². The lowest BCUT2D eigenvalue weighted by atomic mass is 10.2. The van der Waals surface area contributed by atoms with E-state index in [9.17, 15) is 9.59 Å². The number of primary amides is 1. The van der Waals surface area contributed by atoms with Gasteiger partial charge in [0.05, 0.1) is 18.4 Å². The van der Waals surface area contributed by atoms with E-state index >= 15 is 0 Å². The van der Waals surface area contributed by atoms with Gasteiger partial charge in [0, 0.05) is 11.9 Å². The maximum atomic E-state index is 11.9. The number of methoxy groups -OCH3 is 1. The van der Waals surface area contributed by atoms with Crippen molar-refractivity contribution < 1.29 is 19.1 Å². The van der Waals surface area contributed by atoms with Crippen molar-refractivity contribution in [3.8, 4) is 17.5 Å². The largest absolute Gasteiger partial charge is 0.484 e. The number of esters is 1. The van der Waals surface area contributed by atoms with Crippen molar-refractivity contribution in [2.24, 2.45) is 5.73 Å². The molecule has 23 heavy (non-hydrogen) atoms. The summed E-state index contributed by atoms with van der Waals surface area (Å²) in [6.07, 6.45) is 1.45. The van der Waals surface area contributed by atoms with Gasteiger partial charge in [-0.3, -0.25) is 4.79 Å². The van der Waals surface area contributed by atoms with E-state index in [0.29, 0.717) is 11.4 Å². The Bertz CT molecular complexity index is 787. The van der Waals surface area contributed by atoms with Crippen molar-refractivity contribution in [2.45, 2.75) is 0 Å². The number of benzene rings is 1. The van der Waals surface area contributed by atoms with Crippen molar-refractivity contribution in [1.82, 2.24) is 4.57 Å². The van der Waals surface area contributed by atoms with Crippen molar-refractivity contribution in [1.29, 1.82) is 5.26 Å². The molecule has 0 spiro atoms. The first-order valence-corrected chi connectivity index (χ1v) is 6.48. The predicted molar refractivity (Wildman–Crippen MR) is 80.9 cm³/mol. The van der Waals surface area contributed by atoms with Gasteiger partial charge in [0.2, 0.25) is 0 Å². The van der Waals surface area contributed by atoms with Crippen LogP contribution in [0.2, 0.25) is 0 Å². The molecule has 1 amide bonds. The van der Waals surface area contributed by atoms with Gasteiger partial charge < -0.3 is 25.5 Å². The molecular weight excluding hydrogens is 300 g/mol. The molecule has 0 aliphatic heterocycles. The highest BCUT2D eigenvalue weighted by atomic mass is 16.5. The van der Waals surface area contributed by atoms with Crippen molar-refractivity contribution >= 4 is 17.6 Å². The Morgan fingerprint density at radius 2 is 1.96 bits per heavy atom. The van der Waals surface area contributed by atoms with Crippen LogP contribution in [0.15, 0.2) is 30.5 Å². The van der Waals surface area contributed by atoms with Gasteiger partial charge in [-0.2, -0.15) is 5.26 Å². The van der Waals surface area contributed by atoms with E-state index in [1.54, 1.807) is 24.3 Å². The molecule has 0 saturated carbocycles. The smallest absolute Gasteiger partial charge is 0.357 e. The van der Waals surface area contributed by atoms with Crippen LogP contribution in [0.3, 0.4) is 0 Å². The average Bonchev–Trinajstić information content (AvgIpc) is 2.89. The summed E-state index contributed by atoms with van der Waals surface area (Å²) in [4.78, 5) is 22.6. The Morgan fingerprint density at radius 3 is 2.48 bits per heavy atom. The van der Waals surface area contributed by atoms with Crippen LogP contribution in [-0.2, 0) is 9.53 Å². The normalized spacial score (nSPS) is 9.91. The number of hydrogen-bond acceptors (Lipinski definition) is 6. The predicted octanol–water partition coefficient (Wildman–Crippen LogP) is 0.582. The molecule has 4 N–H and O–H groups in total. The van der Waals surface area contributed by atoms with Crippen LogP contribution in [0.1, 0.15) is 16.1 Å². The second kappa shape index (κ2) is 6.53. The molecule has 0 fully saturated rings. The summed E-state index contributed by atoms with van der Waals surface area (Å²) in [5.41, 5.74) is 11.7. The molecule has 1 aromatic heterocycles. The number of ether oxygens (including phenoxy) is 2. The molecule has 2 rings (SSSR count). The molecule has 118 valence electrons. The second-order valence-corrected chi connectivity index (χ2v) is 4.53. The fourth-order valence-electron chi connectivity index (χ4n) is 1.98. The number of nitriles is 1. The highest BCUT2D eigenvalue weighted by molar-refractivity contribution is 5.95. The highest BCUT2D eigenvalue weighted by Gasteiger charge is 2.21. The van der Waals surface area contributed by atoms with E-state index < -0.39 is 11.9 Å².